The summed E-state index contributed by atoms with van der Waals surface area (Å²) in [6.45, 7) is 4.16. The van der Waals surface area contributed by atoms with Crippen LogP contribution in [0, 0.1) is 6.92 Å². The first-order valence-electron chi connectivity index (χ1n) is 6.85. The van der Waals surface area contributed by atoms with Crippen LogP contribution in [-0.4, -0.2) is 28.3 Å². The minimum absolute atomic E-state index is 0.180. The number of benzene rings is 1. The van der Waals surface area contributed by atoms with Crippen LogP contribution in [0.1, 0.15) is 31.7 Å². The number of unbranched alkanes of at least 4 members (excludes halogenated alkanes) is 1. The number of imidazole rings is 1. The molecule has 0 aliphatic heterocycles. The Balaban J connectivity index is 2.16. The fourth-order valence-corrected chi connectivity index (χ4v) is 3.10. The van der Waals surface area contributed by atoms with E-state index in [1.54, 1.807) is 0 Å². The second-order valence-corrected chi connectivity index (χ2v) is 6.03. The molecule has 0 amide bonds. The molecule has 0 spiro atoms. The number of methoxy groups -OCH3 is 1. The zero-order valence-electron chi connectivity index (χ0n) is 12.1. The minimum Gasteiger partial charge on any atom is -0.468 e. The predicted molar refractivity (Wildman–Crippen MR) is 82.0 cm³/mol. The number of ether oxygens (including phenoxy) is 1. The van der Waals surface area contributed by atoms with Crippen LogP contribution in [0.3, 0.4) is 0 Å². The van der Waals surface area contributed by atoms with Crippen LogP contribution in [0.4, 0.5) is 0 Å². The lowest BCUT2D eigenvalue weighted by atomic mass is 10.2. The number of hydrogen-bond acceptors (Lipinski definition) is 4. The van der Waals surface area contributed by atoms with E-state index in [0.717, 1.165) is 35.5 Å². The van der Waals surface area contributed by atoms with Crippen LogP contribution in [0.2, 0.25) is 0 Å². The van der Waals surface area contributed by atoms with Crippen molar-refractivity contribution < 1.29 is 9.53 Å². The van der Waals surface area contributed by atoms with Gasteiger partial charge in [0.1, 0.15) is 5.25 Å². The number of fused-ring (bicyclic) bond motifs is 1. The van der Waals surface area contributed by atoms with Gasteiger partial charge in [0.25, 0.3) is 0 Å². The number of hydrogen-bond donors (Lipinski definition) is 1. The monoisotopic (exact) mass is 292 g/mol. The maximum atomic E-state index is 11.8. The fraction of sp³-hybridized carbons (Fsp3) is 0.467. The zero-order chi connectivity index (χ0) is 14.5. The van der Waals surface area contributed by atoms with E-state index >= 15 is 0 Å². The summed E-state index contributed by atoms with van der Waals surface area (Å²) >= 11 is 1.45. The van der Waals surface area contributed by atoms with E-state index in [9.17, 15) is 4.79 Å². The molecule has 0 saturated carbocycles. The molecule has 0 bridgehead atoms. The summed E-state index contributed by atoms with van der Waals surface area (Å²) in [6, 6.07) is 6.09. The molecule has 108 valence electrons. The lowest BCUT2D eigenvalue weighted by Gasteiger charge is -2.11. The SMILES string of the molecule is CCCCC(Sc1nc2ccc(C)cc2[nH]1)C(=O)OC. The summed E-state index contributed by atoms with van der Waals surface area (Å²) in [6.07, 6.45) is 2.88. The Morgan fingerprint density at radius 2 is 2.30 bits per heavy atom. The van der Waals surface area contributed by atoms with E-state index < -0.39 is 0 Å². The van der Waals surface area contributed by atoms with Crippen molar-refractivity contribution in [1.29, 1.82) is 0 Å². The van der Waals surface area contributed by atoms with Crippen molar-refractivity contribution in [2.75, 3.05) is 7.11 Å². The maximum absolute atomic E-state index is 11.8. The Labute approximate surface area is 123 Å². The van der Waals surface area contributed by atoms with Crippen molar-refractivity contribution in [3.63, 3.8) is 0 Å². The zero-order valence-corrected chi connectivity index (χ0v) is 12.9. The third kappa shape index (κ3) is 3.54. The Morgan fingerprint density at radius 3 is 3.00 bits per heavy atom. The molecule has 1 heterocycles. The Kier molecular flexibility index (Phi) is 5.06. The van der Waals surface area contributed by atoms with E-state index in [4.69, 9.17) is 4.74 Å². The van der Waals surface area contributed by atoms with Gasteiger partial charge in [-0.05, 0) is 31.0 Å². The Hall–Kier alpha value is -1.49. The number of carbonyl (C=O) groups excluding carboxylic acids is 1. The summed E-state index contributed by atoms with van der Waals surface area (Å²) in [4.78, 5) is 19.6. The second-order valence-electron chi connectivity index (χ2n) is 4.83. The third-order valence-electron chi connectivity index (χ3n) is 3.15. The molecular formula is C15H20N2O2S. The van der Waals surface area contributed by atoms with Gasteiger partial charge < -0.3 is 9.72 Å². The van der Waals surface area contributed by atoms with E-state index in [-0.39, 0.29) is 11.2 Å². The van der Waals surface area contributed by atoms with E-state index in [1.807, 2.05) is 19.1 Å². The molecule has 1 aromatic heterocycles. The van der Waals surface area contributed by atoms with Gasteiger partial charge in [0.2, 0.25) is 0 Å². The lowest BCUT2D eigenvalue weighted by molar-refractivity contribution is -0.140. The highest BCUT2D eigenvalue weighted by atomic mass is 32.2. The molecule has 1 unspecified atom stereocenters. The number of rotatable bonds is 6. The largest absolute Gasteiger partial charge is 0.468 e. The van der Waals surface area contributed by atoms with Gasteiger partial charge in [-0.1, -0.05) is 37.6 Å². The summed E-state index contributed by atoms with van der Waals surface area (Å²) in [5.74, 6) is -0.180. The third-order valence-corrected chi connectivity index (χ3v) is 4.28. The first-order valence-corrected chi connectivity index (χ1v) is 7.73. The number of carbonyl (C=O) groups is 1. The Bertz CT molecular complexity index is 595. The molecule has 0 aliphatic carbocycles. The van der Waals surface area contributed by atoms with Crippen molar-refractivity contribution in [3.05, 3.63) is 23.8 Å². The minimum atomic E-state index is -0.193. The highest BCUT2D eigenvalue weighted by Gasteiger charge is 2.21. The summed E-state index contributed by atoms with van der Waals surface area (Å²) in [5.41, 5.74) is 3.12. The standard InChI is InChI=1S/C15H20N2O2S/c1-4-5-6-13(14(18)19-3)20-15-16-11-8-7-10(2)9-12(11)17-15/h7-9,13H,4-6H2,1-3H3,(H,16,17). The van der Waals surface area contributed by atoms with Crippen LogP contribution in [-0.2, 0) is 9.53 Å². The van der Waals surface area contributed by atoms with E-state index in [1.165, 1.54) is 24.4 Å². The molecule has 0 aliphatic rings. The van der Waals surface area contributed by atoms with Gasteiger partial charge in [-0.15, -0.1) is 0 Å². The Morgan fingerprint density at radius 1 is 1.50 bits per heavy atom. The average Bonchev–Trinajstić information content (AvgIpc) is 2.84. The smallest absolute Gasteiger partial charge is 0.319 e. The van der Waals surface area contributed by atoms with Gasteiger partial charge in [0.05, 0.1) is 18.1 Å². The molecular weight excluding hydrogens is 272 g/mol. The number of nitrogens with zero attached hydrogens (tertiary/aromatic N) is 1. The first kappa shape index (κ1) is 14.9. The molecule has 20 heavy (non-hydrogen) atoms. The van der Waals surface area contributed by atoms with Crippen molar-refractivity contribution in [3.8, 4) is 0 Å². The van der Waals surface area contributed by atoms with Crippen LogP contribution < -0.4 is 0 Å². The van der Waals surface area contributed by atoms with E-state index in [0.29, 0.717) is 0 Å². The lowest BCUT2D eigenvalue weighted by Crippen LogP contribution is -2.18. The summed E-state index contributed by atoms with van der Waals surface area (Å²) in [7, 11) is 1.43. The average molecular weight is 292 g/mol. The molecule has 0 radical (unpaired) electrons. The van der Waals surface area contributed by atoms with Crippen molar-refractivity contribution >= 4 is 28.8 Å². The molecule has 1 aromatic carbocycles. The van der Waals surface area contributed by atoms with Gasteiger partial charge in [0.15, 0.2) is 5.16 Å². The number of aryl methyl sites for hydroxylation is 1. The molecule has 1 N–H and O–H groups in total. The molecule has 2 rings (SSSR count). The number of nitrogens with one attached hydrogen (secondary N) is 1. The molecule has 5 heteroatoms. The molecule has 4 nitrogen and oxygen atoms in total. The summed E-state index contributed by atoms with van der Waals surface area (Å²) < 4.78 is 4.87. The number of H-pyrrole nitrogens is 1. The van der Waals surface area contributed by atoms with Crippen LogP contribution in [0.25, 0.3) is 11.0 Å². The predicted octanol–water partition coefficient (Wildman–Crippen LogP) is 3.70. The topological polar surface area (TPSA) is 55.0 Å². The number of aromatic nitrogens is 2. The quantitative estimate of drug-likeness (QED) is 0.651. The van der Waals surface area contributed by atoms with Crippen LogP contribution in [0.15, 0.2) is 23.4 Å². The maximum Gasteiger partial charge on any atom is 0.319 e. The normalized spacial score (nSPS) is 12.6. The van der Waals surface area contributed by atoms with Crippen LogP contribution in [0.5, 0.6) is 0 Å². The van der Waals surface area contributed by atoms with Crippen molar-refractivity contribution in [2.45, 2.75) is 43.5 Å². The van der Waals surface area contributed by atoms with Gasteiger partial charge in [-0.2, -0.15) is 0 Å². The molecule has 0 saturated heterocycles. The van der Waals surface area contributed by atoms with Crippen molar-refractivity contribution in [2.24, 2.45) is 0 Å². The van der Waals surface area contributed by atoms with Gasteiger partial charge in [-0.25, -0.2) is 4.98 Å². The number of aromatic amines is 1. The molecule has 2 aromatic rings. The van der Waals surface area contributed by atoms with Gasteiger partial charge in [0, 0.05) is 0 Å². The number of esters is 1. The number of thioether (sulfide) groups is 1. The van der Waals surface area contributed by atoms with Gasteiger partial charge >= 0.3 is 5.97 Å². The highest BCUT2D eigenvalue weighted by molar-refractivity contribution is 8.00. The van der Waals surface area contributed by atoms with Crippen molar-refractivity contribution in [1.82, 2.24) is 9.97 Å². The van der Waals surface area contributed by atoms with Crippen LogP contribution >= 0.6 is 11.8 Å². The molecule has 1 atom stereocenters. The molecule has 0 fully saturated rings. The second kappa shape index (κ2) is 6.79. The fourth-order valence-electron chi connectivity index (χ4n) is 2.04. The van der Waals surface area contributed by atoms with Gasteiger partial charge in [-0.3, -0.25) is 4.79 Å². The van der Waals surface area contributed by atoms with E-state index in [2.05, 4.69) is 23.0 Å². The highest BCUT2D eigenvalue weighted by Crippen LogP contribution is 2.27. The first-order chi connectivity index (χ1) is 9.63. The summed E-state index contributed by atoms with van der Waals surface area (Å²) in [5, 5.41) is 0.582.